The van der Waals surface area contributed by atoms with Crippen molar-refractivity contribution in [3.63, 3.8) is 0 Å². The van der Waals surface area contributed by atoms with Gasteiger partial charge in [-0.15, -0.1) is 11.7 Å². The van der Waals surface area contributed by atoms with E-state index in [1.165, 1.54) is 0 Å². The van der Waals surface area contributed by atoms with Gasteiger partial charge in [0.2, 0.25) is 0 Å². The van der Waals surface area contributed by atoms with Crippen LogP contribution in [0.3, 0.4) is 0 Å². The number of rotatable bonds is 4. The van der Waals surface area contributed by atoms with Crippen molar-refractivity contribution >= 4 is 15.9 Å². The maximum absolute atomic E-state index is 5.68. The Labute approximate surface area is 108 Å². The maximum atomic E-state index is 5.68. The highest BCUT2D eigenvalue weighted by Crippen LogP contribution is 2.24. The summed E-state index contributed by atoms with van der Waals surface area (Å²) < 4.78 is 2.84. The molecule has 1 heterocycles. The Morgan fingerprint density at radius 1 is 1.35 bits per heavy atom. The van der Waals surface area contributed by atoms with Gasteiger partial charge >= 0.3 is 0 Å². The molecule has 0 aliphatic rings. The van der Waals surface area contributed by atoms with Gasteiger partial charge in [-0.05, 0) is 12.1 Å². The molecule has 0 saturated heterocycles. The molecule has 88 valence electrons. The van der Waals surface area contributed by atoms with E-state index < -0.39 is 0 Å². The topological polar surface area (TPSA) is 56.7 Å². The van der Waals surface area contributed by atoms with E-state index in [0.29, 0.717) is 13.1 Å². The Balaban J connectivity index is 2.51. The van der Waals surface area contributed by atoms with Gasteiger partial charge in [-0.1, -0.05) is 39.4 Å². The van der Waals surface area contributed by atoms with E-state index in [2.05, 4.69) is 32.8 Å². The highest BCUT2D eigenvalue weighted by atomic mass is 79.9. The summed E-state index contributed by atoms with van der Waals surface area (Å²) in [6.45, 7) is 4.71. The third-order valence-corrected chi connectivity index (χ3v) is 2.95. The Morgan fingerprint density at radius 3 is 2.65 bits per heavy atom. The summed E-state index contributed by atoms with van der Waals surface area (Å²) in [5, 5.41) is 8.16. The summed E-state index contributed by atoms with van der Waals surface area (Å²) in [4.78, 5) is 0. The van der Waals surface area contributed by atoms with Crippen LogP contribution in [0, 0.1) is 0 Å². The molecule has 17 heavy (non-hydrogen) atoms. The Bertz CT molecular complexity index is 516. The monoisotopic (exact) mass is 292 g/mol. The largest absolute Gasteiger partial charge is 0.325 e. The van der Waals surface area contributed by atoms with Crippen molar-refractivity contribution in [3.05, 3.63) is 47.1 Å². The van der Waals surface area contributed by atoms with Crippen molar-refractivity contribution in [3.8, 4) is 11.3 Å². The van der Waals surface area contributed by atoms with Crippen LogP contribution in [0.25, 0.3) is 11.3 Å². The van der Waals surface area contributed by atoms with Gasteiger partial charge in [0, 0.05) is 16.6 Å². The standard InChI is InChI=1S/C12H13BrN4/c1-2-7-17-12(11(8-14)15-16-17)9-3-5-10(13)6-4-9/h2-6H,1,7-8,14H2. The zero-order chi connectivity index (χ0) is 12.3. The molecule has 4 nitrogen and oxygen atoms in total. The quantitative estimate of drug-likeness (QED) is 0.880. The maximum Gasteiger partial charge on any atom is 0.104 e. The van der Waals surface area contributed by atoms with Gasteiger partial charge in [-0.3, -0.25) is 0 Å². The lowest BCUT2D eigenvalue weighted by atomic mass is 10.1. The van der Waals surface area contributed by atoms with E-state index in [9.17, 15) is 0 Å². The smallest absolute Gasteiger partial charge is 0.104 e. The third kappa shape index (κ3) is 2.45. The van der Waals surface area contributed by atoms with Gasteiger partial charge in [-0.2, -0.15) is 0 Å². The molecular weight excluding hydrogens is 280 g/mol. The van der Waals surface area contributed by atoms with Gasteiger partial charge < -0.3 is 5.73 Å². The van der Waals surface area contributed by atoms with Crippen LogP contribution in [-0.4, -0.2) is 15.0 Å². The van der Waals surface area contributed by atoms with Crippen LogP contribution in [0.2, 0.25) is 0 Å². The first-order chi connectivity index (χ1) is 8.26. The molecule has 0 radical (unpaired) electrons. The molecule has 0 aliphatic heterocycles. The average molecular weight is 293 g/mol. The van der Waals surface area contributed by atoms with Crippen LogP contribution in [0.4, 0.5) is 0 Å². The molecule has 0 amide bonds. The number of nitrogens with two attached hydrogens (primary N) is 1. The van der Waals surface area contributed by atoms with Gasteiger partial charge in [-0.25, -0.2) is 4.68 Å². The summed E-state index contributed by atoms with van der Waals surface area (Å²) in [6.07, 6.45) is 1.79. The van der Waals surface area contributed by atoms with Crippen LogP contribution < -0.4 is 5.73 Å². The zero-order valence-corrected chi connectivity index (χ0v) is 10.9. The number of benzene rings is 1. The van der Waals surface area contributed by atoms with Crippen LogP contribution >= 0.6 is 15.9 Å². The van der Waals surface area contributed by atoms with Crippen molar-refractivity contribution in [2.24, 2.45) is 5.73 Å². The van der Waals surface area contributed by atoms with Crippen LogP contribution in [0.15, 0.2) is 41.4 Å². The van der Waals surface area contributed by atoms with Crippen LogP contribution in [0.1, 0.15) is 5.69 Å². The summed E-state index contributed by atoms with van der Waals surface area (Å²) in [5.41, 5.74) is 8.49. The van der Waals surface area contributed by atoms with Crippen LogP contribution in [0.5, 0.6) is 0 Å². The van der Waals surface area contributed by atoms with Gasteiger partial charge in [0.25, 0.3) is 0 Å². The number of aromatic nitrogens is 3. The molecule has 0 aliphatic carbocycles. The summed E-state index contributed by atoms with van der Waals surface area (Å²) in [5.74, 6) is 0. The fraction of sp³-hybridized carbons (Fsp3) is 0.167. The fourth-order valence-corrected chi connectivity index (χ4v) is 1.92. The molecule has 0 unspecified atom stereocenters. The number of hydrogen-bond acceptors (Lipinski definition) is 3. The molecule has 2 N–H and O–H groups in total. The second-order valence-corrected chi connectivity index (χ2v) is 4.48. The second-order valence-electron chi connectivity index (χ2n) is 3.57. The van der Waals surface area contributed by atoms with Gasteiger partial charge in [0.15, 0.2) is 0 Å². The fourth-order valence-electron chi connectivity index (χ4n) is 1.66. The van der Waals surface area contributed by atoms with E-state index in [4.69, 9.17) is 5.73 Å². The number of hydrogen-bond donors (Lipinski definition) is 1. The Morgan fingerprint density at radius 2 is 2.06 bits per heavy atom. The molecule has 1 aromatic carbocycles. The van der Waals surface area contributed by atoms with E-state index >= 15 is 0 Å². The molecule has 0 atom stereocenters. The number of halogens is 1. The van der Waals surface area contributed by atoms with E-state index in [1.807, 2.05) is 24.3 Å². The minimum Gasteiger partial charge on any atom is -0.325 e. The lowest BCUT2D eigenvalue weighted by Crippen LogP contribution is -2.03. The van der Waals surface area contributed by atoms with Crippen molar-refractivity contribution in [2.45, 2.75) is 13.1 Å². The molecule has 5 heteroatoms. The number of allylic oxidation sites excluding steroid dienone is 1. The molecule has 0 saturated carbocycles. The molecule has 0 bridgehead atoms. The van der Waals surface area contributed by atoms with Crippen molar-refractivity contribution in [2.75, 3.05) is 0 Å². The summed E-state index contributed by atoms with van der Waals surface area (Å²) in [6, 6.07) is 8.00. The minimum atomic E-state index is 0.378. The first kappa shape index (κ1) is 12.0. The molecular formula is C12H13BrN4. The normalized spacial score (nSPS) is 10.5. The molecule has 2 rings (SSSR count). The SMILES string of the molecule is C=CCn1nnc(CN)c1-c1ccc(Br)cc1. The molecule has 0 fully saturated rings. The van der Waals surface area contributed by atoms with E-state index in [1.54, 1.807) is 10.8 Å². The first-order valence-electron chi connectivity index (χ1n) is 5.25. The van der Waals surface area contributed by atoms with Crippen molar-refractivity contribution in [1.82, 2.24) is 15.0 Å². The average Bonchev–Trinajstić information content (AvgIpc) is 2.74. The summed E-state index contributed by atoms with van der Waals surface area (Å²) >= 11 is 3.41. The minimum absolute atomic E-state index is 0.378. The third-order valence-electron chi connectivity index (χ3n) is 2.42. The first-order valence-corrected chi connectivity index (χ1v) is 6.05. The van der Waals surface area contributed by atoms with E-state index in [0.717, 1.165) is 21.4 Å². The zero-order valence-electron chi connectivity index (χ0n) is 9.31. The highest BCUT2D eigenvalue weighted by Gasteiger charge is 2.12. The molecule has 2 aromatic rings. The lowest BCUT2D eigenvalue weighted by Gasteiger charge is -2.05. The van der Waals surface area contributed by atoms with Gasteiger partial charge in [0.05, 0.1) is 12.2 Å². The van der Waals surface area contributed by atoms with Crippen LogP contribution in [-0.2, 0) is 13.1 Å². The van der Waals surface area contributed by atoms with Crippen molar-refractivity contribution < 1.29 is 0 Å². The predicted octanol–water partition coefficient (Wildman–Crippen LogP) is 2.35. The lowest BCUT2D eigenvalue weighted by molar-refractivity contribution is 0.667. The Kier molecular flexibility index (Phi) is 3.71. The van der Waals surface area contributed by atoms with E-state index in [-0.39, 0.29) is 0 Å². The Hall–Kier alpha value is -1.46. The van der Waals surface area contributed by atoms with Gasteiger partial charge in [0.1, 0.15) is 5.69 Å². The highest BCUT2D eigenvalue weighted by molar-refractivity contribution is 9.10. The molecule has 0 spiro atoms. The van der Waals surface area contributed by atoms with Crippen molar-refractivity contribution in [1.29, 1.82) is 0 Å². The number of nitrogens with zero attached hydrogens (tertiary/aromatic N) is 3. The summed E-state index contributed by atoms with van der Waals surface area (Å²) in [7, 11) is 0. The predicted molar refractivity (Wildman–Crippen MR) is 71.2 cm³/mol. The molecule has 1 aromatic heterocycles. The second kappa shape index (κ2) is 5.25.